The molecule has 86 valence electrons. The largest absolute Gasteiger partial charge is 0.394 e. The molecule has 0 bridgehead atoms. The van der Waals surface area contributed by atoms with Crippen LogP contribution in [0.15, 0.2) is 18.2 Å². The molecular formula is C12H13FO3. The molecule has 1 aromatic rings. The third-order valence-corrected chi connectivity index (χ3v) is 2.04. The molecule has 0 heterocycles. The highest BCUT2D eigenvalue weighted by molar-refractivity contribution is 5.35. The fourth-order valence-corrected chi connectivity index (χ4v) is 1.24. The summed E-state index contributed by atoms with van der Waals surface area (Å²) in [5.41, 5.74) is 0.557. The van der Waals surface area contributed by atoms with E-state index in [1.165, 1.54) is 12.1 Å². The standard InChI is InChI=1S/C12H13FO3/c1-2-9-3-4-10(11(13)7-9)12(15)8-16-6-5-14/h1,3-4,7,12,14-15H,5-6,8H2. The highest BCUT2D eigenvalue weighted by atomic mass is 19.1. The lowest BCUT2D eigenvalue weighted by Gasteiger charge is -2.12. The minimum absolute atomic E-state index is 0.0626. The average molecular weight is 224 g/mol. The summed E-state index contributed by atoms with van der Waals surface area (Å²) in [7, 11) is 0. The van der Waals surface area contributed by atoms with Gasteiger partial charge in [-0.2, -0.15) is 0 Å². The number of aliphatic hydroxyl groups excluding tert-OH is 2. The van der Waals surface area contributed by atoms with Gasteiger partial charge in [-0.05, 0) is 12.1 Å². The molecule has 0 saturated heterocycles. The Morgan fingerprint density at radius 3 is 2.81 bits per heavy atom. The summed E-state index contributed by atoms with van der Waals surface area (Å²) in [4.78, 5) is 0. The maximum absolute atomic E-state index is 13.4. The lowest BCUT2D eigenvalue weighted by Crippen LogP contribution is -2.11. The Labute approximate surface area is 93.5 Å². The number of hydrogen-bond donors (Lipinski definition) is 2. The van der Waals surface area contributed by atoms with Crippen LogP contribution in [-0.4, -0.2) is 30.0 Å². The van der Waals surface area contributed by atoms with Crippen LogP contribution in [0.25, 0.3) is 0 Å². The minimum atomic E-state index is -1.06. The van der Waals surface area contributed by atoms with E-state index in [0.29, 0.717) is 5.56 Å². The molecule has 3 nitrogen and oxygen atoms in total. The SMILES string of the molecule is C#Cc1ccc(C(O)COCCO)c(F)c1. The van der Waals surface area contributed by atoms with Crippen LogP contribution in [0.1, 0.15) is 17.2 Å². The summed E-state index contributed by atoms with van der Waals surface area (Å²) in [6.07, 6.45) is 4.05. The van der Waals surface area contributed by atoms with Crippen molar-refractivity contribution >= 4 is 0 Å². The van der Waals surface area contributed by atoms with Gasteiger partial charge in [0.05, 0.1) is 19.8 Å². The Balaban J connectivity index is 2.69. The zero-order valence-corrected chi connectivity index (χ0v) is 8.69. The number of benzene rings is 1. The molecule has 0 fully saturated rings. The fourth-order valence-electron chi connectivity index (χ4n) is 1.24. The maximum Gasteiger partial charge on any atom is 0.130 e. The monoisotopic (exact) mass is 224 g/mol. The van der Waals surface area contributed by atoms with Crippen LogP contribution >= 0.6 is 0 Å². The van der Waals surface area contributed by atoms with Gasteiger partial charge in [0.15, 0.2) is 0 Å². The van der Waals surface area contributed by atoms with E-state index < -0.39 is 11.9 Å². The Morgan fingerprint density at radius 2 is 2.25 bits per heavy atom. The Morgan fingerprint density at radius 1 is 1.50 bits per heavy atom. The molecule has 2 N–H and O–H groups in total. The molecule has 1 rings (SSSR count). The molecule has 1 atom stereocenters. The average Bonchev–Trinajstić information content (AvgIpc) is 2.29. The van der Waals surface area contributed by atoms with Crippen LogP contribution in [0.2, 0.25) is 0 Å². The predicted molar refractivity (Wildman–Crippen MR) is 57.2 cm³/mol. The minimum Gasteiger partial charge on any atom is -0.394 e. The van der Waals surface area contributed by atoms with Gasteiger partial charge >= 0.3 is 0 Å². The smallest absolute Gasteiger partial charge is 0.130 e. The van der Waals surface area contributed by atoms with E-state index in [1.807, 2.05) is 0 Å². The number of halogens is 1. The molecule has 0 aromatic heterocycles. The van der Waals surface area contributed by atoms with Crippen LogP contribution in [-0.2, 0) is 4.74 Å². The first-order valence-electron chi connectivity index (χ1n) is 4.81. The van der Waals surface area contributed by atoms with Crippen molar-refractivity contribution in [1.29, 1.82) is 0 Å². The summed E-state index contributed by atoms with van der Waals surface area (Å²) < 4.78 is 18.3. The van der Waals surface area contributed by atoms with Crippen molar-refractivity contribution in [3.05, 3.63) is 35.1 Å². The van der Waals surface area contributed by atoms with E-state index in [2.05, 4.69) is 5.92 Å². The van der Waals surface area contributed by atoms with Crippen LogP contribution in [0.3, 0.4) is 0 Å². The second-order valence-electron chi connectivity index (χ2n) is 3.19. The number of terminal acetylenes is 1. The zero-order valence-electron chi connectivity index (χ0n) is 8.69. The Bertz CT molecular complexity index is 384. The summed E-state index contributed by atoms with van der Waals surface area (Å²) in [6, 6.07) is 4.16. The van der Waals surface area contributed by atoms with E-state index >= 15 is 0 Å². The molecule has 1 aromatic carbocycles. The molecule has 0 radical (unpaired) electrons. The van der Waals surface area contributed by atoms with E-state index in [-0.39, 0.29) is 25.4 Å². The lowest BCUT2D eigenvalue weighted by atomic mass is 10.1. The fraction of sp³-hybridized carbons (Fsp3) is 0.333. The van der Waals surface area contributed by atoms with Gasteiger partial charge in [-0.25, -0.2) is 4.39 Å². The van der Waals surface area contributed by atoms with Crippen LogP contribution < -0.4 is 0 Å². The number of aliphatic hydroxyl groups is 2. The van der Waals surface area contributed by atoms with Crippen LogP contribution in [0.4, 0.5) is 4.39 Å². The molecule has 0 aliphatic carbocycles. The van der Waals surface area contributed by atoms with Crippen molar-refractivity contribution in [2.24, 2.45) is 0 Å². The molecule has 0 spiro atoms. The Kier molecular flexibility index (Phi) is 4.93. The number of ether oxygens (including phenoxy) is 1. The molecule has 0 saturated carbocycles. The summed E-state index contributed by atoms with van der Waals surface area (Å²) in [6.45, 7) is -0.0841. The Hall–Kier alpha value is -1.41. The highest BCUT2D eigenvalue weighted by Crippen LogP contribution is 2.18. The van der Waals surface area contributed by atoms with Gasteiger partial charge in [-0.3, -0.25) is 0 Å². The van der Waals surface area contributed by atoms with Gasteiger partial charge in [0.1, 0.15) is 11.9 Å². The quantitative estimate of drug-likeness (QED) is 0.576. The van der Waals surface area contributed by atoms with Gasteiger partial charge in [-0.1, -0.05) is 12.0 Å². The van der Waals surface area contributed by atoms with Gasteiger partial charge in [0.2, 0.25) is 0 Å². The first-order valence-corrected chi connectivity index (χ1v) is 4.81. The van der Waals surface area contributed by atoms with Crippen molar-refractivity contribution in [1.82, 2.24) is 0 Å². The van der Waals surface area contributed by atoms with Gasteiger partial charge in [0.25, 0.3) is 0 Å². The van der Waals surface area contributed by atoms with Crippen LogP contribution in [0, 0.1) is 18.2 Å². The number of hydrogen-bond acceptors (Lipinski definition) is 3. The summed E-state index contributed by atoms with van der Waals surface area (Å²) >= 11 is 0. The molecular weight excluding hydrogens is 211 g/mol. The molecule has 1 unspecified atom stereocenters. The highest BCUT2D eigenvalue weighted by Gasteiger charge is 2.12. The molecule has 16 heavy (non-hydrogen) atoms. The molecule has 0 aliphatic heterocycles. The van der Waals surface area contributed by atoms with E-state index in [9.17, 15) is 9.50 Å². The molecule has 4 heteroatoms. The third kappa shape index (κ3) is 3.31. The van der Waals surface area contributed by atoms with E-state index in [4.69, 9.17) is 16.3 Å². The van der Waals surface area contributed by atoms with Crippen LogP contribution in [0.5, 0.6) is 0 Å². The second kappa shape index (κ2) is 6.23. The summed E-state index contributed by atoms with van der Waals surface area (Å²) in [5.74, 6) is 1.74. The van der Waals surface area contributed by atoms with Crippen molar-refractivity contribution < 1.29 is 19.3 Å². The van der Waals surface area contributed by atoms with E-state index in [1.54, 1.807) is 6.07 Å². The van der Waals surface area contributed by atoms with Gasteiger partial charge < -0.3 is 14.9 Å². The first-order chi connectivity index (χ1) is 7.69. The van der Waals surface area contributed by atoms with Crippen molar-refractivity contribution in [3.63, 3.8) is 0 Å². The topological polar surface area (TPSA) is 49.7 Å². The van der Waals surface area contributed by atoms with Crippen molar-refractivity contribution in [3.8, 4) is 12.3 Å². The van der Waals surface area contributed by atoms with E-state index in [0.717, 1.165) is 0 Å². The van der Waals surface area contributed by atoms with Crippen molar-refractivity contribution in [2.45, 2.75) is 6.10 Å². The molecule has 0 amide bonds. The normalized spacial score (nSPS) is 12.1. The summed E-state index contributed by atoms with van der Waals surface area (Å²) in [5, 5.41) is 18.1. The van der Waals surface area contributed by atoms with Gasteiger partial charge in [-0.15, -0.1) is 6.42 Å². The maximum atomic E-state index is 13.4. The van der Waals surface area contributed by atoms with Crippen molar-refractivity contribution in [2.75, 3.05) is 19.8 Å². The lowest BCUT2D eigenvalue weighted by molar-refractivity contribution is 0.0192. The van der Waals surface area contributed by atoms with Gasteiger partial charge in [0, 0.05) is 11.1 Å². The molecule has 0 aliphatic rings. The second-order valence-corrected chi connectivity index (χ2v) is 3.19. The first kappa shape index (κ1) is 12.7. The third-order valence-electron chi connectivity index (χ3n) is 2.04. The predicted octanol–water partition coefficient (Wildman–Crippen LogP) is 0.849. The zero-order chi connectivity index (χ0) is 12.0. The number of rotatable bonds is 5.